The van der Waals surface area contributed by atoms with E-state index in [0.29, 0.717) is 25.9 Å². The first kappa shape index (κ1) is 21.0. The number of nitrogens with one attached hydrogen (secondary N) is 1. The Balaban J connectivity index is 1.62. The van der Waals surface area contributed by atoms with Crippen LogP contribution in [0.4, 0.5) is 0 Å². The second-order valence-corrected chi connectivity index (χ2v) is 10.7. The van der Waals surface area contributed by atoms with Gasteiger partial charge in [0, 0.05) is 52.4 Å². The standard InChI is InChI=1S/C21H29N5O3S/c1-24(2)20(27)21-10-12-30(28,29)25(3)18(21)9-11-26(15-21)14-17-13-22-23-19(17)16-7-5-4-6-8-16/h4-8,13,18H,9-12,14-15H2,1-3H3,(H,22,23)/t18-,21+/m1/s1. The van der Waals surface area contributed by atoms with Gasteiger partial charge in [0.2, 0.25) is 15.9 Å². The molecule has 2 fully saturated rings. The van der Waals surface area contributed by atoms with E-state index in [0.717, 1.165) is 23.4 Å². The predicted molar refractivity (Wildman–Crippen MR) is 115 cm³/mol. The fraction of sp³-hybridized carbons (Fsp3) is 0.524. The summed E-state index contributed by atoms with van der Waals surface area (Å²) in [5.74, 6) is 0.0171. The van der Waals surface area contributed by atoms with Gasteiger partial charge in [-0.2, -0.15) is 5.10 Å². The lowest BCUT2D eigenvalue weighted by atomic mass is 9.72. The third-order valence-corrected chi connectivity index (χ3v) is 8.40. The minimum absolute atomic E-state index is 0.00833. The number of likely N-dealkylation sites (tertiary alicyclic amines) is 1. The molecule has 0 aliphatic carbocycles. The Morgan fingerprint density at radius 3 is 2.73 bits per heavy atom. The normalized spacial score (nSPS) is 26.8. The maximum atomic E-state index is 13.3. The van der Waals surface area contributed by atoms with Crippen LogP contribution in [-0.2, 0) is 21.4 Å². The molecule has 0 spiro atoms. The molecule has 0 unspecified atom stereocenters. The first-order valence-electron chi connectivity index (χ1n) is 10.2. The Morgan fingerprint density at radius 1 is 1.30 bits per heavy atom. The number of hydrogen-bond donors (Lipinski definition) is 1. The van der Waals surface area contributed by atoms with E-state index < -0.39 is 15.4 Å². The zero-order valence-corrected chi connectivity index (χ0v) is 18.5. The number of rotatable bonds is 4. The highest BCUT2D eigenvalue weighted by molar-refractivity contribution is 7.89. The number of amides is 1. The van der Waals surface area contributed by atoms with Gasteiger partial charge in [-0.3, -0.25) is 14.8 Å². The van der Waals surface area contributed by atoms with Crippen LogP contribution in [0.3, 0.4) is 0 Å². The van der Waals surface area contributed by atoms with Crippen LogP contribution in [0.1, 0.15) is 18.4 Å². The smallest absolute Gasteiger partial charge is 0.231 e. The molecule has 2 aliphatic heterocycles. The SMILES string of the molecule is CN(C)C(=O)[C@]12CCS(=O)(=O)N(C)[C@@H]1CCN(Cc1cn[nH]c1-c1ccccc1)C2. The fourth-order valence-corrected chi connectivity index (χ4v) is 6.62. The van der Waals surface area contributed by atoms with Gasteiger partial charge >= 0.3 is 0 Å². The van der Waals surface area contributed by atoms with Crippen LogP contribution in [0.2, 0.25) is 0 Å². The first-order chi connectivity index (χ1) is 14.2. The predicted octanol–water partition coefficient (Wildman–Crippen LogP) is 1.39. The molecule has 1 aromatic heterocycles. The van der Waals surface area contributed by atoms with Crippen molar-refractivity contribution in [3.63, 3.8) is 0 Å². The van der Waals surface area contributed by atoms with Crippen LogP contribution < -0.4 is 0 Å². The van der Waals surface area contributed by atoms with Crippen molar-refractivity contribution in [1.29, 1.82) is 0 Å². The highest BCUT2D eigenvalue weighted by Gasteiger charge is 2.56. The highest BCUT2D eigenvalue weighted by Crippen LogP contribution is 2.43. The average molecular weight is 432 g/mol. The number of piperidine rings is 1. The van der Waals surface area contributed by atoms with Crippen LogP contribution >= 0.6 is 0 Å². The molecule has 1 amide bonds. The van der Waals surface area contributed by atoms with Gasteiger partial charge < -0.3 is 4.90 Å². The number of aromatic nitrogens is 2. The number of aromatic amines is 1. The molecule has 30 heavy (non-hydrogen) atoms. The second kappa shape index (κ2) is 7.79. The van der Waals surface area contributed by atoms with Gasteiger partial charge in [-0.25, -0.2) is 12.7 Å². The molecule has 162 valence electrons. The largest absolute Gasteiger partial charge is 0.348 e. The van der Waals surface area contributed by atoms with Gasteiger partial charge in [0.15, 0.2) is 0 Å². The molecule has 2 saturated heterocycles. The Labute approximate surface area is 177 Å². The van der Waals surface area contributed by atoms with E-state index in [1.807, 2.05) is 36.5 Å². The van der Waals surface area contributed by atoms with Gasteiger partial charge in [-0.05, 0) is 18.4 Å². The molecule has 4 rings (SSSR count). The van der Waals surface area contributed by atoms with Gasteiger partial charge in [-0.1, -0.05) is 30.3 Å². The maximum Gasteiger partial charge on any atom is 0.231 e. The first-order valence-corrected chi connectivity index (χ1v) is 11.8. The van der Waals surface area contributed by atoms with E-state index in [4.69, 9.17) is 0 Å². The maximum absolute atomic E-state index is 13.3. The summed E-state index contributed by atoms with van der Waals surface area (Å²) in [6.07, 6.45) is 2.83. The number of carbonyl (C=O) groups excluding carboxylic acids is 1. The topological polar surface area (TPSA) is 89.6 Å². The number of fused-ring (bicyclic) bond motifs is 1. The second-order valence-electron chi connectivity index (χ2n) is 8.59. The molecule has 9 heteroatoms. The molecule has 0 radical (unpaired) electrons. The molecule has 0 saturated carbocycles. The van der Waals surface area contributed by atoms with E-state index in [9.17, 15) is 13.2 Å². The van der Waals surface area contributed by atoms with E-state index in [-0.39, 0.29) is 17.7 Å². The lowest BCUT2D eigenvalue weighted by Crippen LogP contribution is -2.66. The molecule has 3 heterocycles. The minimum atomic E-state index is -3.31. The van der Waals surface area contributed by atoms with E-state index in [2.05, 4.69) is 15.1 Å². The zero-order valence-electron chi connectivity index (χ0n) is 17.7. The third kappa shape index (κ3) is 3.55. The van der Waals surface area contributed by atoms with Gasteiger partial charge in [-0.15, -0.1) is 0 Å². The van der Waals surface area contributed by atoms with Crippen molar-refractivity contribution in [2.75, 3.05) is 40.0 Å². The number of hydrogen-bond acceptors (Lipinski definition) is 5. The molecular weight excluding hydrogens is 402 g/mol. The summed E-state index contributed by atoms with van der Waals surface area (Å²) in [5, 5.41) is 7.34. The Bertz CT molecular complexity index is 1020. The Kier molecular flexibility index (Phi) is 5.46. The van der Waals surface area contributed by atoms with Crippen molar-refractivity contribution < 1.29 is 13.2 Å². The number of H-pyrrole nitrogens is 1. The van der Waals surface area contributed by atoms with Crippen molar-refractivity contribution in [3.8, 4) is 11.3 Å². The summed E-state index contributed by atoms with van der Waals surface area (Å²) in [6, 6.07) is 9.75. The van der Waals surface area contributed by atoms with E-state index in [1.165, 1.54) is 4.31 Å². The van der Waals surface area contributed by atoms with Crippen molar-refractivity contribution in [3.05, 3.63) is 42.1 Å². The number of sulfonamides is 1. The highest BCUT2D eigenvalue weighted by atomic mass is 32.2. The van der Waals surface area contributed by atoms with Crippen LogP contribution in [0.5, 0.6) is 0 Å². The monoisotopic (exact) mass is 431 g/mol. The lowest BCUT2D eigenvalue weighted by Gasteiger charge is -2.53. The quantitative estimate of drug-likeness (QED) is 0.790. The zero-order chi connectivity index (χ0) is 21.5. The summed E-state index contributed by atoms with van der Waals surface area (Å²) in [7, 11) is 1.81. The van der Waals surface area contributed by atoms with Crippen molar-refractivity contribution >= 4 is 15.9 Å². The van der Waals surface area contributed by atoms with Crippen LogP contribution in [0.15, 0.2) is 36.5 Å². The third-order valence-electron chi connectivity index (χ3n) is 6.55. The molecule has 8 nitrogen and oxygen atoms in total. The van der Waals surface area contributed by atoms with Gasteiger partial charge in [0.1, 0.15) is 0 Å². The Hall–Kier alpha value is -2.23. The molecule has 2 aromatic rings. The summed E-state index contributed by atoms with van der Waals surface area (Å²) in [5.41, 5.74) is 2.40. The van der Waals surface area contributed by atoms with Crippen LogP contribution in [-0.4, -0.2) is 84.7 Å². The molecule has 1 N–H and O–H groups in total. The average Bonchev–Trinajstić information content (AvgIpc) is 3.19. The van der Waals surface area contributed by atoms with Gasteiger partial charge in [0.05, 0.1) is 23.1 Å². The summed E-state index contributed by atoms with van der Waals surface area (Å²) in [6.45, 7) is 1.92. The van der Waals surface area contributed by atoms with Crippen molar-refractivity contribution in [2.24, 2.45) is 5.41 Å². The molecular formula is C21H29N5O3S. The molecule has 1 aromatic carbocycles. The summed E-state index contributed by atoms with van der Waals surface area (Å²) in [4.78, 5) is 17.2. The Morgan fingerprint density at radius 2 is 2.03 bits per heavy atom. The fourth-order valence-electron chi connectivity index (χ4n) is 5.01. The summed E-state index contributed by atoms with van der Waals surface area (Å²) < 4.78 is 26.4. The minimum Gasteiger partial charge on any atom is -0.348 e. The molecule has 0 bridgehead atoms. The number of nitrogens with zero attached hydrogens (tertiary/aromatic N) is 4. The summed E-state index contributed by atoms with van der Waals surface area (Å²) >= 11 is 0. The van der Waals surface area contributed by atoms with Crippen LogP contribution in [0.25, 0.3) is 11.3 Å². The van der Waals surface area contributed by atoms with Crippen molar-refractivity contribution in [1.82, 2.24) is 24.3 Å². The van der Waals surface area contributed by atoms with E-state index in [1.54, 1.807) is 26.0 Å². The van der Waals surface area contributed by atoms with Gasteiger partial charge in [0.25, 0.3) is 0 Å². The van der Waals surface area contributed by atoms with E-state index >= 15 is 0 Å². The number of benzene rings is 1. The van der Waals surface area contributed by atoms with Crippen LogP contribution in [0, 0.1) is 5.41 Å². The molecule has 2 atom stereocenters. The van der Waals surface area contributed by atoms with Crippen molar-refractivity contribution in [2.45, 2.75) is 25.4 Å². The lowest BCUT2D eigenvalue weighted by molar-refractivity contribution is -0.148. The molecule has 2 aliphatic rings. The number of carbonyl (C=O) groups is 1.